The summed E-state index contributed by atoms with van der Waals surface area (Å²) in [7, 11) is 0. The lowest BCUT2D eigenvalue weighted by molar-refractivity contribution is 0.612. The molecule has 118 valence electrons. The van der Waals surface area contributed by atoms with Gasteiger partial charge in [-0.25, -0.2) is 4.39 Å². The number of aliphatic imine (C=N–C) groups is 2. The predicted molar refractivity (Wildman–Crippen MR) is 95.5 cm³/mol. The van der Waals surface area contributed by atoms with E-state index in [0.29, 0.717) is 17.5 Å². The van der Waals surface area contributed by atoms with Gasteiger partial charge in [0.05, 0.1) is 16.4 Å². The van der Waals surface area contributed by atoms with Crippen molar-refractivity contribution in [2.45, 2.75) is 41.0 Å². The summed E-state index contributed by atoms with van der Waals surface area (Å²) in [5.41, 5.74) is 3.73. The zero-order chi connectivity index (χ0) is 16.7. The molecule has 0 radical (unpaired) electrons. The first-order valence-corrected chi connectivity index (χ1v) is 7.64. The van der Waals surface area contributed by atoms with E-state index < -0.39 is 0 Å². The van der Waals surface area contributed by atoms with Gasteiger partial charge in [0.15, 0.2) is 0 Å². The fraction of sp³-hybridized carbons (Fsp3) is 0.333. The van der Waals surface area contributed by atoms with Crippen LogP contribution in [0.5, 0.6) is 0 Å². The molecule has 0 bridgehead atoms. The molecule has 0 aliphatic rings. The smallest absolute Gasteiger partial charge is 0.145 e. The quantitative estimate of drug-likeness (QED) is 0.607. The summed E-state index contributed by atoms with van der Waals surface area (Å²) in [6.45, 7) is 9.45. The molecule has 4 heteroatoms. The standard InChI is InChI=1S/C18H22ClFN2/c1-6-10-21-13(4)14(5)22-11-12(3)16-9-8-15(7-2)18(20)17(16)19/h6,8-11H,7H2,1-5H3/b10-6-,12-11+,21-13-,22-14+. The maximum absolute atomic E-state index is 14.1. The van der Waals surface area contributed by atoms with Crippen LogP contribution in [0.1, 0.15) is 45.7 Å². The summed E-state index contributed by atoms with van der Waals surface area (Å²) in [6.07, 6.45) is 5.89. The van der Waals surface area contributed by atoms with E-state index >= 15 is 0 Å². The van der Waals surface area contributed by atoms with Crippen LogP contribution >= 0.6 is 11.6 Å². The summed E-state index contributed by atoms with van der Waals surface area (Å²) < 4.78 is 14.1. The van der Waals surface area contributed by atoms with E-state index in [2.05, 4.69) is 9.98 Å². The van der Waals surface area contributed by atoms with Crippen molar-refractivity contribution in [1.82, 2.24) is 0 Å². The first-order valence-electron chi connectivity index (χ1n) is 7.26. The lowest BCUT2D eigenvalue weighted by Crippen LogP contribution is -2.04. The van der Waals surface area contributed by atoms with Gasteiger partial charge in [-0.1, -0.05) is 36.7 Å². The number of benzene rings is 1. The van der Waals surface area contributed by atoms with Gasteiger partial charge in [0.1, 0.15) is 5.82 Å². The second-order valence-electron chi connectivity index (χ2n) is 4.98. The molecule has 0 aliphatic carbocycles. The van der Waals surface area contributed by atoms with Crippen molar-refractivity contribution in [2.24, 2.45) is 9.98 Å². The Balaban J connectivity index is 3.11. The van der Waals surface area contributed by atoms with Crippen molar-refractivity contribution in [2.75, 3.05) is 0 Å². The average Bonchev–Trinajstić information content (AvgIpc) is 2.52. The summed E-state index contributed by atoms with van der Waals surface area (Å²) >= 11 is 6.12. The maximum Gasteiger partial charge on any atom is 0.145 e. The molecule has 0 saturated carbocycles. The fourth-order valence-electron chi connectivity index (χ4n) is 1.80. The van der Waals surface area contributed by atoms with Crippen molar-refractivity contribution in [3.63, 3.8) is 0 Å². The van der Waals surface area contributed by atoms with Crippen molar-refractivity contribution in [1.29, 1.82) is 0 Å². The van der Waals surface area contributed by atoms with Gasteiger partial charge in [0, 0.05) is 18.0 Å². The lowest BCUT2D eigenvalue weighted by Gasteiger charge is -2.08. The molecule has 0 amide bonds. The molecule has 0 N–H and O–H groups in total. The Bertz CT molecular complexity index is 655. The Kier molecular flexibility index (Phi) is 7.19. The van der Waals surface area contributed by atoms with Crippen molar-refractivity contribution in [3.05, 3.63) is 52.6 Å². The third-order valence-electron chi connectivity index (χ3n) is 3.36. The van der Waals surface area contributed by atoms with Crippen LogP contribution < -0.4 is 0 Å². The van der Waals surface area contributed by atoms with Gasteiger partial charge in [-0.05, 0) is 45.3 Å². The van der Waals surface area contributed by atoms with Crippen LogP contribution in [0.4, 0.5) is 4.39 Å². The SMILES string of the molecule is C\C=C/N=C(C)\C(C)=N\C=C(/C)c1ccc(CC)c(F)c1Cl. The second kappa shape index (κ2) is 8.64. The van der Waals surface area contributed by atoms with E-state index in [-0.39, 0.29) is 10.8 Å². The summed E-state index contributed by atoms with van der Waals surface area (Å²) in [4.78, 5) is 8.61. The molecule has 0 heterocycles. The van der Waals surface area contributed by atoms with Gasteiger partial charge in [0.2, 0.25) is 0 Å². The van der Waals surface area contributed by atoms with Crippen LogP contribution in [-0.2, 0) is 6.42 Å². The minimum absolute atomic E-state index is 0.153. The number of hydrogen-bond donors (Lipinski definition) is 0. The maximum atomic E-state index is 14.1. The third kappa shape index (κ3) is 4.63. The minimum atomic E-state index is -0.346. The van der Waals surface area contributed by atoms with Gasteiger partial charge >= 0.3 is 0 Å². The number of aryl methyl sites for hydroxylation is 1. The normalized spacial score (nSPS) is 14.0. The largest absolute Gasteiger partial charge is 0.260 e. The monoisotopic (exact) mass is 320 g/mol. The van der Waals surface area contributed by atoms with Gasteiger partial charge in [-0.15, -0.1) is 0 Å². The molecule has 1 aromatic rings. The number of allylic oxidation sites excluding steroid dienone is 2. The number of nitrogens with zero attached hydrogens (tertiary/aromatic N) is 2. The Morgan fingerprint density at radius 2 is 1.82 bits per heavy atom. The Labute approximate surface area is 137 Å². The molecule has 2 nitrogen and oxygen atoms in total. The summed E-state index contributed by atoms with van der Waals surface area (Å²) in [6, 6.07) is 3.60. The molecule has 0 spiro atoms. The second-order valence-corrected chi connectivity index (χ2v) is 5.36. The first-order chi connectivity index (χ1) is 10.4. The van der Waals surface area contributed by atoms with Crippen molar-refractivity contribution in [3.8, 4) is 0 Å². The average molecular weight is 321 g/mol. The molecule has 0 unspecified atom stereocenters. The van der Waals surface area contributed by atoms with Crippen LogP contribution in [0.15, 0.2) is 40.6 Å². The number of halogens is 2. The van der Waals surface area contributed by atoms with Crippen molar-refractivity contribution < 1.29 is 4.39 Å². The molecular formula is C18H22ClFN2. The van der Waals surface area contributed by atoms with E-state index in [9.17, 15) is 4.39 Å². The highest BCUT2D eigenvalue weighted by atomic mass is 35.5. The van der Waals surface area contributed by atoms with Crippen LogP contribution in [0.2, 0.25) is 5.02 Å². The number of hydrogen-bond acceptors (Lipinski definition) is 2. The molecule has 0 atom stereocenters. The van der Waals surface area contributed by atoms with E-state index in [1.165, 1.54) is 0 Å². The highest BCUT2D eigenvalue weighted by Crippen LogP contribution is 2.28. The van der Waals surface area contributed by atoms with Gasteiger partial charge in [-0.2, -0.15) is 0 Å². The number of rotatable bonds is 5. The molecule has 0 saturated heterocycles. The predicted octanol–water partition coefficient (Wildman–Crippen LogP) is 5.86. The molecular weight excluding hydrogens is 299 g/mol. The summed E-state index contributed by atoms with van der Waals surface area (Å²) in [5.74, 6) is -0.346. The van der Waals surface area contributed by atoms with E-state index in [0.717, 1.165) is 17.0 Å². The zero-order valence-electron chi connectivity index (χ0n) is 13.7. The minimum Gasteiger partial charge on any atom is -0.260 e. The Morgan fingerprint density at radius 1 is 1.18 bits per heavy atom. The topological polar surface area (TPSA) is 24.7 Å². The molecule has 22 heavy (non-hydrogen) atoms. The molecule has 0 aliphatic heterocycles. The van der Waals surface area contributed by atoms with Crippen molar-refractivity contribution >= 4 is 28.6 Å². The van der Waals surface area contributed by atoms with Gasteiger partial charge < -0.3 is 0 Å². The first kappa shape index (κ1) is 18.3. The van der Waals surface area contributed by atoms with E-state index in [1.807, 2.05) is 46.8 Å². The van der Waals surface area contributed by atoms with Gasteiger partial charge in [-0.3, -0.25) is 9.98 Å². The molecule has 1 rings (SSSR count). The van der Waals surface area contributed by atoms with Crippen LogP contribution in [0.3, 0.4) is 0 Å². The van der Waals surface area contributed by atoms with Crippen LogP contribution in [0, 0.1) is 5.82 Å². The Hall–Kier alpha value is -1.74. The van der Waals surface area contributed by atoms with E-state index in [4.69, 9.17) is 11.6 Å². The summed E-state index contributed by atoms with van der Waals surface area (Å²) in [5, 5.41) is 0.153. The van der Waals surface area contributed by atoms with E-state index in [1.54, 1.807) is 18.5 Å². The third-order valence-corrected chi connectivity index (χ3v) is 3.73. The highest BCUT2D eigenvalue weighted by Gasteiger charge is 2.11. The fourth-order valence-corrected chi connectivity index (χ4v) is 2.14. The lowest BCUT2D eigenvalue weighted by atomic mass is 10.0. The van der Waals surface area contributed by atoms with Crippen LogP contribution in [-0.4, -0.2) is 11.4 Å². The Morgan fingerprint density at radius 3 is 2.41 bits per heavy atom. The van der Waals surface area contributed by atoms with Crippen LogP contribution in [0.25, 0.3) is 5.57 Å². The highest BCUT2D eigenvalue weighted by molar-refractivity contribution is 6.40. The molecule has 1 aromatic carbocycles. The molecule has 0 fully saturated rings. The zero-order valence-corrected chi connectivity index (χ0v) is 14.5. The van der Waals surface area contributed by atoms with Gasteiger partial charge in [0.25, 0.3) is 0 Å². The molecule has 0 aromatic heterocycles.